The first kappa shape index (κ1) is 13.9. The normalized spacial score (nSPS) is 12.6. The number of ether oxygens (including phenoxy) is 1. The monoisotopic (exact) mass is 235 g/mol. The molecule has 96 valence electrons. The zero-order valence-corrected chi connectivity index (χ0v) is 11.7. The first-order valence-electron chi connectivity index (χ1n) is 6.44. The van der Waals surface area contributed by atoms with Crippen molar-refractivity contribution in [2.24, 2.45) is 5.92 Å². The smallest absolute Gasteiger partial charge is 0.119 e. The predicted octanol–water partition coefficient (Wildman–Crippen LogP) is 4.24. The van der Waals surface area contributed by atoms with Crippen molar-refractivity contribution in [1.29, 1.82) is 0 Å². The van der Waals surface area contributed by atoms with Crippen molar-refractivity contribution in [3.8, 4) is 5.75 Å². The minimum Gasteiger partial charge on any atom is -0.497 e. The van der Waals surface area contributed by atoms with Gasteiger partial charge in [0.15, 0.2) is 0 Å². The highest BCUT2D eigenvalue weighted by atomic mass is 16.5. The Bertz CT molecular complexity index is 347. The second-order valence-electron chi connectivity index (χ2n) is 5.20. The van der Waals surface area contributed by atoms with Crippen LogP contribution in [-0.4, -0.2) is 13.2 Å². The van der Waals surface area contributed by atoms with Gasteiger partial charge >= 0.3 is 0 Å². The second-order valence-corrected chi connectivity index (χ2v) is 5.20. The first-order chi connectivity index (χ1) is 8.02. The molecule has 0 aliphatic heterocycles. The number of hydrogen-bond donors (Lipinski definition) is 1. The number of rotatable bonds is 6. The molecule has 1 unspecified atom stereocenters. The maximum Gasteiger partial charge on any atom is 0.119 e. The van der Waals surface area contributed by atoms with Crippen LogP contribution in [0.2, 0.25) is 0 Å². The van der Waals surface area contributed by atoms with E-state index in [1.807, 2.05) is 6.07 Å². The standard InChI is InChI=1S/C15H25NO/c1-11(2)6-7-13(4)16-15-9-8-14(17-5)10-12(15)3/h8-11,13,16H,6-7H2,1-5H3. The fourth-order valence-electron chi connectivity index (χ4n) is 1.85. The predicted molar refractivity (Wildman–Crippen MR) is 74.9 cm³/mol. The van der Waals surface area contributed by atoms with Gasteiger partial charge in [0, 0.05) is 11.7 Å². The van der Waals surface area contributed by atoms with E-state index in [-0.39, 0.29) is 0 Å². The van der Waals surface area contributed by atoms with Crippen molar-refractivity contribution in [3.63, 3.8) is 0 Å². The molecule has 0 saturated heterocycles. The van der Waals surface area contributed by atoms with Gasteiger partial charge in [-0.05, 0) is 56.4 Å². The lowest BCUT2D eigenvalue weighted by Gasteiger charge is -2.18. The van der Waals surface area contributed by atoms with E-state index in [2.05, 4.69) is 45.1 Å². The SMILES string of the molecule is COc1ccc(NC(C)CCC(C)C)c(C)c1. The van der Waals surface area contributed by atoms with Crippen molar-refractivity contribution in [3.05, 3.63) is 23.8 Å². The molecule has 1 N–H and O–H groups in total. The van der Waals surface area contributed by atoms with E-state index >= 15 is 0 Å². The summed E-state index contributed by atoms with van der Waals surface area (Å²) in [6.45, 7) is 8.89. The summed E-state index contributed by atoms with van der Waals surface area (Å²) in [6, 6.07) is 6.69. The van der Waals surface area contributed by atoms with Crippen LogP contribution in [0.1, 0.15) is 39.2 Å². The van der Waals surface area contributed by atoms with Gasteiger partial charge in [-0.25, -0.2) is 0 Å². The van der Waals surface area contributed by atoms with E-state index in [9.17, 15) is 0 Å². The molecule has 0 heterocycles. The molecule has 0 aliphatic carbocycles. The van der Waals surface area contributed by atoms with Crippen molar-refractivity contribution in [2.45, 2.75) is 46.6 Å². The molecule has 0 bridgehead atoms. The average Bonchev–Trinajstić information content (AvgIpc) is 2.29. The fraction of sp³-hybridized carbons (Fsp3) is 0.600. The van der Waals surface area contributed by atoms with Crippen LogP contribution in [0.4, 0.5) is 5.69 Å². The number of nitrogens with one attached hydrogen (secondary N) is 1. The van der Waals surface area contributed by atoms with Gasteiger partial charge in [0.2, 0.25) is 0 Å². The summed E-state index contributed by atoms with van der Waals surface area (Å²) in [4.78, 5) is 0. The van der Waals surface area contributed by atoms with Gasteiger partial charge in [-0.2, -0.15) is 0 Å². The Morgan fingerprint density at radius 3 is 2.41 bits per heavy atom. The third-order valence-corrected chi connectivity index (χ3v) is 3.01. The van der Waals surface area contributed by atoms with Crippen LogP contribution in [0.3, 0.4) is 0 Å². The van der Waals surface area contributed by atoms with E-state index in [1.54, 1.807) is 7.11 Å². The highest BCUT2D eigenvalue weighted by Gasteiger charge is 2.06. The second kappa shape index (κ2) is 6.53. The molecule has 0 saturated carbocycles. The summed E-state index contributed by atoms with van der Waals surface area (Å²) in [5.41, 5.74) is 2.45. The van der Waals surface area contributed by atoms with E-state index in [1.165, 1.54) is 24.1 Å². The van der Waals surface area contributed by atoms with Crippen LogP contribution >= 0.6 is 0 Å². The summed E-state index contributed by atoms with van der Waals surface area (Å²) in [5, 5.41) is 3.56. The molecule has 1 atom stereocenters. The van der Waals surface area contributed by atoms with E-state index in [4.69, 9.17) is 4.74 Å². The Balaban J connectivity index is 2.56. The number of hydrogen-bond acceptors (Lipinski definition) is 2. The Morgan fingerprint density at radius 1 is 1.18 bits per heavy atom. The molecule has 0 aromatic heterocycles. The summed E-state index contributed by atoms with van der Waals surface area (Å²) in [6.07, 6.45) is 2.48. The summed E-state index contributed by atoms with van der Waals surface area (Å²) >= 11 is 0. The number of benzene rings is 1. The van der Waals surface area contributed by atoms with E-state index in [0.717, 1.165) is 11.7 Å². The molecule has 0 aliphatic rings. The third-order valence-electron chi connectivity index (χ3n) is 3.01. The number of methoxy groups -OCH3 is 1. The van der Waals surface area contributed by atoms with Gasteiger partial charge in [0.05, 0.1) is 7.11 Å². The van der Waals surface area contributed by atoms with Gasteiger partial charge < -0.3 is 10.1 Å². The molecule has 0 fully saturated rings. The van der Waals surface area contributed by atoms with Crippen molar-refractivity contribution in [2.75, 3.05) is 12.4 Å². The molecular weight excluding hydrogens is 210 g/mol. The minimum absolute atomic E-state index is 0.518. The van der Waals surface area contributed by atoms with E-state index in [0.29, 0.717) is 6.04 Å². The van der Waals surface area contributed by atoms with Crippen LogP contribution in [-0.2, 0) is 0 Å². The Kier molecular flexibility index (Phi) is 5.33. The summed E-state index contributed by atoms with van der Waals surface area (Å²) in [7, 11) is 1.70. The van der Waals surface area contributed by atoms with Crippen LogP contribution in [0.5, 0.6) is 5.75 Å². The lowest BCUT2D eigenvalue weighted by molar-refractivity contribution is 0.414. The highest BCUT2D eigenvalue weighted by Crippen LogP contribution is 2.22. The topological polar surface area (TPSA) is 21.3 Å². The van der Waals surface area contributed by atoms with Gasteiger partial charge in [-0.1, -0.05) is 13.8 Å². The van der Waals surface area contributed by atoms with Gasteiger partial charge in [0.1, 0.15) is 5.75 Å². The summed E-state index contributed by atoms with van der Waals surface area (Å²) in [5.74, 6) is 1.69. The number of anilines is 1. The summed E-state index contributed by atoms with van der Waals surface area (Å²) < 4.78 is 5.21. The van der Waals surface area contributed by atoms with Crippen LogP contribution in [0, 0.1) is 12.8 Å². The molecular formula is C15H25NO. The molecule has 0 amide bonds. The van der Waals surface area contributed by atoms with Gasteiger partial charge in [-0.3, -0.25) is 0 Å². The molecule has 17 heavy (non-hydrogen) atoms. The first-order valence-corrected chi connectivity index (χ1v) is 6.44. The van der Waals surface area contributed by atoms with E-state index < -0.39 is 0 Å². The van der Waals surface area contributed by atoms with Crippen LogP contribution < -0.4 is 10.1 Å². The Labute approximate surface area is 105 Å². The quantitative estimate of drug-likeness (QED) is 0.796. The lowest BCUT2D eigenvalue weighted by Crippen LogP contribution is -2.16. The zero-order chi connectivity index (χ0) is 12.8. The Hall–Kier alpha value is -1.18. The average molecular weight is 235 g/mol. The van der Waals surface area contributed by atoms with Gasteiger partial charge in [-0.15, -0.1) is 0 Å². The third kappa shape index (κ3) is 4.68. The zero-order valence-electron chi connectivity index (χ0n) is 11.7. The molecule has 1 aromatic carbocycles. The van der Waals surface area contributed by atoms with Crippen LogP contribution in [0.15, 0.2) is 18.2 Å². The van der Waals surface area contributed by atoms with Crippen LogP contribution in [0.25, 0.3) is 0 Å². The molecule has 0 radical (unpaired) electrons. The Morgan fingerprint density at radius 2 is 1.88 bits per heavy atom. The minimum atomic E-state index is 0.518. The molecule has 2 nitrogen and oxygen atoms in total. The molecule has 1 aromatic rings. The maximum absolute atomic E-state index is 5.21. The molecule has 2 heteroatoms. The largest absolute Gasteiger partial charge is 0.497 e. The van der Waals surface area contributed by atoms with Gasteiger partial charge in [0.25, 0.3) is 0 Å². The van der Waals surface area contributed by atoms with Crippen molar-refractivity contribution in [1.82, 2.24) is 0 Å². The fourth-order valence-corrected chi connectivity index (χ4v) is 1.85. The maximum atomic E-state index is 5.21. The lowest BCUT2D eigenvalue weighted by atomic mass is 10.0. The number of aryl methyl sites for hydroxylation is 1. The van der Waals surface area contributed by atoms with Crippen molar-refractivity contribution >= 4 is 5.69 Å². The van der Waals surface area contributed by atoms with Crippen molar-refractivity contribution < 1.29 is 4.74 Å². The highest BCUT2D eigenvalue weighted by molar-refractivity contribution is 5.54. The molecule has 1 rings (SSSR count). The molecule has 0 spiro atoms.